The van der Waals surface area contributed by atoms with Crippen LogP contribution in [0.2, 0.25) is 18.1 Å². The predicted molar refractivity (Wildman–Crippen MR) is 120 cm³/mol. The van der Waals surface area contributed by atoms with Gasteiger partial charge in [-0.05, 0) is 47.8 Å². The third kappa shape index (κ3) is 4.62. The summed E-state index contributed by atoms with van der Waals surface area (Å²) in [4.78, 5) is 16.1. The van der Waals surface area contributed by atoms with Crippen LogP contribution in [0.3, 0.4) is 0 Å². The van der Waals surface area contributed by atoms with Crippen LogP contribution in [-0.2, 0) is 17.3 Å². The number of rotatable bonds is 7. The summed E-state index contributed by atoms with van der Waals surface area (Å²) in [5.41, 5.74) is 4.02. The Morgan fingerprint density at radius 1 is 1.04 bits per heavy atom. The maximum absolute atomic E-state index is 12.8. The van der Waals surface area contributed by atoms with Gasteiger partial charge in [0.15, 0.2) is 14.1 Å². The second-order valence-electron chi connectivity index (χ2n) is 9.03. The molecule has 1 aromatic heterocycles. The van der Waals surface area contributed by atoms with Crippen molar-refractivity contribution in [3.8, 4) is 0 Å². The van der Waals surface area contributed by atoms with Gasteiger partial charge >= 0.3 is 0 Å². The summed E-state index contributed by atoms with van der Waals surface area (Å²) in [6, 6.07) is 16.2. The lowest BCUT2D eigenvalue weighted by molar-refractivity contribution is 0.0994. The molecule has 4 heteroatoms. The van der Waals surface area contributed by atoms with Crippen molar-refractivity contribution in [3.05, 3.63) is 71.4 Å². The zero-order chi connectivity index (χ0) is 20.4. The maximum atomic E-state index is 12.8. The molecule has 28 heavy (non-hydrogen) atoms. The van der Waals surface area contributed by atoms with Gasteiger partial charge in [0.2, 0.25) is 0 Å². The molecule has 0 unspecified atom stereocenters. The molecule has 3 nitrogen and oxygen atoms in total. The lowest BCUT2D eigenvalue weighted by atomic mass is 10.0. The summed E-state index contributed by atoms with van der Waals surface area (Å²) in [5, 5.41) is 1.22. The Hall–Kier alpha value is -2.17. The Kier molecular flexibility index (Phi) is 5.92. The first-order valence-corrected chi connectivity index (χ1v) is 12.9. The Morgan fingerprint density at radius 2 is 1.75 bits per heavy atom. The SMILES string of the molecule is CC(C)(C)[Si](C)(C)OCCc1ccc2[nH]cc(C(=O)Cc3ccccc3)c2c1. The Morgan fingerprint density at radius 3 is 2.43 bits per heavy atom. The minimum absolute atomic E-state index is 0.145. The molecule has 148 valence electrons. The van der Waals surface area contributed by atoms with Crippen LogP contribution in [0.1, 0.15) is 42.3 Å². The van der Waals surface area contributed by atoms with Gasteiger partial charge < -0.3 is 9.41 Å². The van der Waals surface area contributed by atoms with Crippen molar-refractivity contribution >= 4 is 25.0 Å². The van der Waals surface area contributed by atoms with Crippen molar-refractivity contribution in [1.82, 2.24) is 4.98 Å². The highest BCUT2D eigenvalue weighted by Gasteiger charge is 2.36. The lowest BCUT2D eigenvalue weighted by Crippen LogP contribution is -2.41. The van der Waals surface area contributed by atoms with E-state index in [2.05, 4.69) is 57.0 Å². The van der Waals surface area contributed by atoms with Crippen molar-refractivity contribution in [1.29, 1.82) is 0 Å². The topological polar surface area (TPSA) is 42.1 Å². The molecule has 0 aliphatic carbocycles. The van der Waals surface area contributed by atoms with E-state index in [-0.39, 0.29) is 10.8 Å². The molecular formula is C24H31NO2Si. The van der Waals surface area contributed by atoms with Crippen molar-refractivity contribution in [2.24, 2.45) is 0 Å². The highest BCUT2D eigenvalue weighted by atomic mass is 28.4. The molecule has 0 saturated heterocycles. The first-order valence-electron chi connectivity index (χ1n) is 9.98. The summed E-state index contributed by atoms with van der Waals surface area (Å²) in [6.07, 6.45) is 3.12. The van der Waals surface area contributed by atoms with Crippen LogP contribution in [0.25, 0.3) is 10.9 Å². The van der Waals surface area contributed by atoms with Gasteiger partial charge in [-0.15, -0.1) is 0 Å². The number of H-pyrrole nitrogens is 1. The van der Waals surface area contributed by atoms with E-state index < -0.39 is 8.32 Å². The fourth-order valence-corrected chi connectivity index (χ4v) is 4.12. The van der Waals surface area contributed by atoms with Gasteiger partial charge in [0.05, 0.1) is 0 Å². The van der Waals surface area contributed by atoms with Gasteiger partial charge in [0, 0.05) is 35.7 Å². The number of hydrogen-bond donors (Lipinski definition) is 1. The lowest BCUT2D eigenvalue weighted by Gasteiger charge is -2.36. The van der Waals surface area contributed by atoms with E-state index >= 15 is 0 Å². The third-order valence-corrected chi connectivity index (χ3v) is 10.5. The zero-order valence-electron chi connectivity index (χ0n) is 17.6. The summed E-state index contributed by atoms with van der Waals surface area (Å²) in [6.45, 7) is 12.1. The van der Waals surface area contributed by atoms with E-state index in [4.69, 9.17) is 4.43 Å². The molecule has 0 aliphatic heterocycles. The van der Waals surface area contributed by atoms with Crippen LogP contribution >= 0.6 is 0 Å². The second kappa shape index (κ2) is 8.06. The van der Waals surface area contributed by atoms with Crippen LogP contribution in [-0.4, -0.2) is 25.7 Å². The van der Waals surface area contributed by atoms with Crippen LogP contribution in [0.15, 0.2) is 54.7 Å². The molecule has 0 spiro atoms. The first kappa shape index (κ1) is 20.6. The number of ketones is 1. The second-order valence-corrected chi connectivity index (χ2v) is 13.8. The molecule has 0 amide bonds. The molecule has 1 heterocycles. The normalized spacial score (nSPS) is 12.5. The minimum atomic E-state index is -1.73. The summed E-state index contributed by atoms with van der Waals surface area (Å²) in [7, 11) is -1.73. The van der Waals surface area contributed by atoms with Crippen molar-refractivity contribution in [2.45, 2.75) is 51.7 Å². The van der Waals surface area contributed by atoms with Crippen LogP contribution in [0.4, 0.5) is 0 Å². The zero-order valence-corrected chi connectivity index (χ0v) is 18.6. The van der Waals surface area contributed by atoms with Gasteiger partial charge in [0.25, 0.3) is 0 Å². The van der Waals surface area contributed by atoms with E-state index in [0.717, 1.165) is 35.1 Å². The molecule has 2 aromatic carbocycles. The van der Waals surface area contributed by atoms with Gasteiger partial charge in [-0.2, -0.15) is 0 Å². The van der Waals surface area contributed by atoms with Gasteiger partial charge in [-0.3, -0.25) is 4.79 Å². The molecule has 0 saturated carbocycles. The highest BCUT2D eigenvalue weighted by Crippen LogP contribution is 2.36. The maximum Gasteiger partial charge on any atom is 0.191 e. The average Bonchev–Trinajstić information content (AvgIpc) is 3.05. The molecule has 3 rings (SSSR count). The molecule has 0 radical (unpaired) electrons. The van der Waals surface area contributed by atoms with E-state index in [1.165, 1.54) is 5.56 Å². The molecule has 0 atom stereocenters. The predicted octanol–water partition coefficient (Wildman–Crippen LogP) is 6.16. The Bertz CT molecular complexity index is 952. The van der Waals surface area contributed by atoms with Gasteiger partial charge in [-0.25, -0.2) is 0 Å². The summed E-state index contributed by atoms with van der Waals surface area (Å²) < 4.78 is 6.31. The number of fused-ring (bicyclic) bond motifs is 1. The molecule has 0 aliphatic rings. The Balaban J connectivity index is 1.73. The van der Waals surface area contributed by atoms with Crippen LogP contribution in [0, 0.1) is 0 Å². The number of carbonyl (C=O) groups excluding carboxylic acids is 1. The van der Waals surface area contributed by atoms with E-state index in [1.807, 2.05) is 36.5 Å². The third-order valence-electron chi connectivity index (χ3n) is 5.91. The standard InChI is InChI=1S/C24H31NO2Si/c1-24(2,3)28(4,5)27-14-13-19-11-12-22-20(15-19)21(17-25-22)23(26)16-18-9-7-6-8-10-18/h6-12,15,17,25H,13-14,16H2,1-5H3. The van der Waals surface area contributed by atoms with Gasteiger partial charge in [0.1, 0.15) is 0 Å². The number of hydrogen-bond acceptors (Lipinski definition) is 2. The number of benzene rings is 2. The quantitative estimate of drug-likeness (QED) is 0.386. The van der Waals surface area contributed by atoms with Crippen LogP contribution in [0.5, 0.6) is 0 Å². The Labute approximate surface area is 169 Å². The average molecular weight is 394 g/mol. The van der Waals surface area contributed by atoms with E-state index in [0.29, 0.717) is 6.42 Å². The fourth-order valence-electron chi connectivity index (χ4n) is 3.07. The minimum Gasteiger partial charge on any atom is -0.416 e. The van der Waals surface area contributed by atoms with E-state index in [9.17, 15) is 4.79 Å². The first-order chi connectivity index (χ1) is 13.2. The van der Waals surface area contributed by atoms with Crippen LogP contribution < -0.4 is 0 Å². The smallest absolute Gasteiger partial charge is 0.191 e. The van der Waals surface area contributed by atoms with E-state index in [1.54, 1.807) is 0 Å². The molecule has 0 bridgehead atoms. The highest BCUT2D eigenvalue weighted by molar-refractivity contribution is 6.74. The number of aromatic amines is 1. The fraction of sp³-hybridized carbons (Fsp3) is 0.375. The monoisotopic (exact) mass is 393 g/mol. The molecule has 3 aromatic rings. The number of aromatic nitrogens is 1. The number of carbonyl (C=O) groups is 1. The molecule has 1 N–H and O–H groups in total. The largest absolute Gasteiger partial charge is 0.416 e. The molecule has 0 fully saturated rings. The van der Waals surface area contributed by atoms with Crippen molar-refractivity contribution in [3.63, 3.8) is 0 Å². The van der Waals surface area contributed by atoms with Crippen molar-refractivity contribution < 1.29 is 9.22 Å². The number of nitrogens with one attached hydrogen (secondary N) is 1. The molecular weight excluding hydrogens is 362 g/mol. The van der Waals surface area contributed by atoms with Gasteiger partial charge in [-0.1, -0.05) is 57.2 Å². The summed E-state index contributed by atoms with van der Waals surface area (Å²) >= 11 is 0. The number of Topliss-reactive ketones (excluding diaryl/α,β-unsaturated/α-hetero) is 1. The summed E-state index contributed by atoms with van der Waals surface area (Å²) in [5.74, 6) is 0.145. The van der Waals surface area contributed by atoms with Crippen molar-refractivity contribution in [2.75, 3.05) is 6.61 Å².